The van der Waals surface area contributed by atoms with Crippen molar-refractivity contribution >= 4 is 50.7 Å². The van der Waals surface area contributed by atoms with Crippen molar-refractivity contribution in [2.24, 2.45) is 0 Å². The van der Waals surface area contributed by atoms with E-state index in [0.29, 0.717) is 11.3 Å². The Labute approximate surface area is 195 Å². The predicted molar refractivity (Wildman–Crippen MR) is 133 cm³/mol. The van der Waals surface area contributed by atoms with Gasteiger partial charge in [-0.2, -0.15) is 0 Å². The number of aryl methyl sites for hydroxylation is 2. The quantitative estimate of drug-likeness (QED) is 0.207. The van der Waals surface area contributed by atoms with E-state index in [0.717, 1.165) is 26.4 Å². The Kier molecular flexibility index (Phi) is 6.39. The Balaban J connectivity index is 1.58. The van der Waals surface area contributed by atoms with E-state index in [2.05, 4.69) is 52.7 Å². The van der Waals surface area contributed by atoms with Gasteiger partial charge in [-0.25, -0.2) is 9.97 Å². The fourth-order valence-electron chi connectivity index (χ4n) is 3.31. The number of nitrogens with one attached hydrogen (secondary N) is 1. The summed E-state index contributed by atoms with van der Waals surface area (Å²) in [4.78, 5) is 34.1. The minimum atomic E-state index is -0.368. The molecule has 0 fully saturated rings. The third-order valence-electron chi connectivity index (χ3n) is 5.37. The second-order valence-corrected chi connectivity index (χ2v) is 9.88. The number of amides is 1. The van der Waals surface area contributed by atoms with Crippen LogP contribution in [0.1, 0.15) is 35.3 Å². The number of ketones is 1. The van der Waals surface area contributed by atoms with Gasteiger partial charge >= 0.3 is 0 Å². The van der Waals surface area contributed by atoms with Crippen LogP contribution in [0.5, 0.6) is 0 Å². The maximum atomic E-state index is 12.8. The average molecular weight is 462 g/mol. The second kappa shape index (κ2) is 9.22. The first-order chi connectivity index (χ1) is 15.3. The van der Waals surface area contributed by atoms with Gasteiger partial charge in [0.25, 0.3) is 0 Å². The Morgan fingerprint density at radius 2 is 1.78 bits per heavy atom. The predicted octanol–water partition coefficient (Wildman–Crippen LogP) is 6.30. The van der Waals surface area contributed by atoms with Crippen molar-refractivity contribution in [3.63, 3.8) is 0 Å². The maximum absolute atomic E-state index is 12.8. The van der Waals surface area contributed by atoms with E-state index < -0.39 is 0 Å². The molecular formula is C25H23N3O2S2. The minimum absolute atomic E-state index is 0.00471. The number of Topliss-reactive ketones (excluding diaryl/α,β-unsaturated/α-hetero) is 1. The van der Waals surface area contributed by atoms with Gasteiger partial charge in [0.15, 0.2) is 5.78 Å². The SMILES string of the molecule is CC(=O)c1ccc(NC(=O)C(C)Sc2ncnc3scc(-c4ccc(C)c(C)c4)c23)cc1. The van der Waals surface area contributed by atoms with Gasteiger partial charge in [-0.3, -0.25) is 9.59 Å². The summed E-state index contributed by atoms with van der Waals surface area (Å²) in [5, 5.41) is 6.43. The molecule has 4 rings (SSSR count). The summed E-state index contributed by atoms with van der Waals surface area (Å²) >= 11 is 3.00. The van der Waals surface area contributed by atoms with Crippen molar-refractivity contribution in [2.45, 2.75) is 38.0 Å². The molecule has 1 N–H and O–H groups in total. The lowest BCUT2D eigenvalue weighted by Crippen LogP contribution is -2.22. The van der Waals surface area contributed by atoms with Crippen LogP contribution in [-0.4, -0.2) is 26.9 Å². The zero-order chi connectivity index (χ0) is 22.8. The van der Waals surface area contributed by atoms with Gasteiger partial charge in [0.1, 0.15) is 16.2 Å². The highest BCUT2D eigenvalue weighted by atomic mass is 32.2. The van der Waals surface area contributed by atoms with Crippen LogP contribution in [0.4, 0.5) is 5.69 Å². The highest BCUT2D eigenvalue weighted by molar-refractivity contribution is 8.00. The topological polar surface area (TPSA) is 72.0 Å². The van der Waals surface area contributed by atoms with Gasteiger partial charge in [0, 0.05) is 22.2 Å². The monoisotopic (exact) mass is 461 g/mol. The lowest BCUT2D eigenvalue weighted by molar-refractivity contribution is -0.115. The second-order valence-electron chi connectivity index (χ2n) is 7.69. The fraction of sp³-hybridized carbons (Fsp3) is 0.200. The van der Waals surface area contributed by atoms with E-state index in [4.69, 9.17) is 0 Å². The highest BCUT2D eigenvalue weighted by Gasteiger charge is 2.20. The number of hydrogen-bond donors (Lipinski definition) is 1. The number of hydrogen-bond acceptors (Lipinski definition) is 6. The molecule has 32 heavy (non-hydrogen) atoms. The third kappa shape index (κ3) is 4.59. The molecule has 1 amide bonds. The van der Waals surface area contributed by atoms with Gasteiger partial charge in [-0.1, -0.05) is 30.0 Å². The molecule has 5 nitrogen and oxygen atoms in total. The molecule has 2 heterocycles. The third-order valence-corrected chi connectivity index (χ3v) is 7.36. The Bertz CT molecular complexity index is 1310. The van der Waals surface area contributed by atoms with Crippen LogP contribution in [0.25, 0.3) is 21.3 Å². The van der Waals surface area contributed by atoms with Gasteiger partial charge in [0.2, 0.25) is 5.91 Å². The van der Waals surface area contributed by atoms with Gasteiger partial charge in [0.05, 0.1) is 10.6 Å². The molecule has 1 atom stereocenters. The first kappa shape index (κ1) is 22.2. The van der Waals surface area contributed by atoms with E-state index in [1.54, 1.807) is 41.9 Å². The van der Waals surface area contributed by atoms with Gasteiger partial charge in [-0.15, -0.1) is 11.3 Å². The van der Waals surface area contributed by atoms with Crippen LogP contribution in [0.15, 0.2) is 59.2 Å². The van der Waals surface area contributed by atoms with E-state index in [9.17, 15) is 9.59 Å². The minimum Gasteiger partial charge on any atom is -0.325 e. The van der Waals surface area contributed by atoms with Crippen molar-refractivity contribution in [1.29, 1.82) is 0 Å². The number of benzene rings is 2. The number of anilines is 1. The number of aromatic nitrogens is 2. The van der Waals surface area contributed by atoms with E-state index in [-0.39, 0.29) is 16.9 Å². The zero-order valence-corrected chi connectivity index (χ0v) is 19.9. The van der Waals surface area contributed by atoms with Crippen molar-refractivity contribution in [3.8, 4) is 11.1 Å². The molecule has 1 unspecified atom stereocenters. The highest BCUT2D eigenvalue weighted by Crippen LogP contribution is 2.39. The number of carbonyl (C=O) groups excluding carboxylic acids is 2. The summed E-state index contributed by atoms with van der Waals surface area (Å²) in [7, 11) is 0. The van der Waals surface area contributed by atoms with Crippen molar-refractivity contribution in [1.82, 2.24) is 9.97 Å². The first-order valence-corrected chi connectivity index (χ1v) is 12.0. The van der Waals surface area contributed by atoms with Crippen LogP contribution in [-0.2, 0) is 4.79 Å². The summed E-state index contributed by atoms with van der Waals surface area (Å²) in [5.41, 5.74) is 5.97. The number of thiophene rings is 1. The molecule has 4 aromatic rings. The Morgan fingerprint density at radius 1 is 1.03 bits per heavy atom. The summed E-state index contributed by atoms with van der Waals surface area (Å²) in [6.45, 7) is 7.59. The molecule has 0 aliphatic carbocycles. The molecule has 162 valence electrons. The number of rotatable bonds is 6. The maximum Gasteiger partial charge on any atom is 0.237 e. The summed E-state index contributed by atoms with van der Waals surface area (Å²) < 4.78 is 0. The molecular weight excluding hydrogens is 438 g/mol. The molecule has 7 heteroatoms. The number of fused-ring (bicyclic) bond motifs is 1. The first-order valence-electron chi connectivity index (χ1n) is 10.2. The smallest absolute Gasteiger partial charge is 0.237 e. The molecule has 0 bridgehead atoms. The van der Waals surface area contributed by atoms with E-state index >= 15 is 0 Å². The molecule has 2 aromatic carbocycles. The molecule has 0 radical (unpaired) electrons. The van der Waals surface area contributed by atoms with Crippen LogP contribution < -0.4 is 5.32 Å². The van der Waals surface area contributed by atoms with E-state index in [1.807, 2.05) is 6.92 Å². The van der Waals surface area contributed by atoms with Crippen molar-refractivity contribution < 1.29 is 9.59 Å². The summed E-state index contributed by atoms with van der Waals surface area (Å²) in [5.74, 6) is -0.129. The molecule has 0 spiro atoms. The van der Waals surface area contributed by atoms with Gasteiger partial charge in [-0.05, 0) is 68.7 Å². The van der Waals surface area contributed by atoms with Crippen molar-refractivity contribution in [2.75, 3.05) is 5.32 Å². The molecule has 0 aliphatic heterocycles. The average Bonchev–Trinajstić information content (AvgIpc) is 3.21. The standard InChI is InChI=1S/C25H23N3O2S2/c1-14-5-6-19(11-15(14)2)21-12-31-24-22(21)25(27-13-26-24)32-17(4)23(30)28-20-9-7-18(8-10-20)16(3)29/h5-13,17H,1-4H3,(H,28,30). The Hall–Kier alpha value is -3.03. The van der Waals surface area contributed by atoms with Crippen LogP contribution in [0, 0.1) is 13.8 Å². The lowest BCUT2D eigenvalue weighted by atomic mass is 10.0. The summed E-state index contributed by atoms with van der Waals surface area (Å²) in [6.07, 6.45) is 1.55. The largest absolute Gasteiger partial charge is 0.325 e. The zero-order valence-electron chi connectivity index (χ0n) is 18.3. The van der Waals surface area contributed by atoms with Crippen molar-refractivity contribution in [3.05, 3.63) is 70.9 Å². The Morgan fingerprint density at radius 3 is 2.47 bits per heavy atom. The lowest BCUT2D eigenvalue weighted by Gasteiger charge is -2.13. The number of thioether (sulfide) groups is 1. The van der Waals surface area contributed by atoms with Crippen LogP contribution in [0.2, 0.25) is 0 Å². The number of nitrogens with zero attached hydrogens (tertiary/aromatic N) is 2. The van der Waals surface area contributed by atoms with Crippen LogP contribution >= 0.6 is 23.1 Å². The molecule has 2 aromatic heterocycles. The fourth-order valence-corrected chi connectivity index (χ4v) is 5.23. The molecule has 0 saturated carbocycles. The van der Waals surface area contributed by atoms with Gasteiger partial charge < -0.3 is 5.32 Å². The normalized spacial score (nSPS) is 12.0. The number of carbonyl (C=O) groups is 2. The summed E-state index contributed by atoms with van der Waals surface area (Å²) in [6, 6.07) is 13.3. The molecule has 0 saturated heterocycles. The molecule has 0 aliphatic rings. The van der Waals surface area contributed by atoms with E-state index in [1.165, 1.54) is 29.8 Å². The van der Waals surface area contributed by atoms with Crippen LogP contribution in [0.3, 0.4) is 0 Å².